The second-order valence-electron chi connectivity index (χ2n) is 18.9. The molecule has 0 aromatic heterocycles. The number of cyclic esters (lactones) is 1. The van der Waals surface area contributed by atoms with Crippen molar-refractivity contribution in [2.75, 3.05) is 0 Å². The summed E-state index contributed by atoms with van der Waals surface area (Å²) in [5.41, 5.74) is 3.02. The average molecular weight is 744 g/mol. The molecule has 1 amide bonds. The monoisotopic (exact) mass is 744 g/mol. The highest BCUT2D eigenvalue weighted by molar-refractivity contribution is 5.94. The van der Waals surface area contributed by atoms with Crippen LogP contribution in [0.4, 0.5) is 4.79 Å². The number of amides is 1. The van der Waals surface area contributed by atoms with Crippen molar-refractivity contribution in [3.05, 3.63) is 65.4 Å². The second-order valence-corrected chi connectivity index (χ2v) is 18.9. The summed E-state index contributed by atoms with van der Waals surface area (Å²) in [6.07, 6.45) is 23.1. The molecule has 3 fully saturated rings. The summed E-state index contributed by atoms with van der Waals surface area (Å²) < 4.78 is 11.8. The Morgan fingerprint density at radius 1 is 1.06 bits per heavy atom. The number of ether oxygens (including phenoxy) is 2. The van der Waals surface area contributed by atoms with E-state index in [2.05, 4.69) is 46.0 Å². The van der Waals surface area contributed by atoms with Gasteiger partial charge in [0.05, 0.1) is 6.10 Å². The van der Waals surface area contributed by atoms with Crippen LogP contribution < -0.4 is 5.32 Å². The summed E-state index contributed by atoms with van der Waals surface area (Å²) in [7, 11) is 0. The number of aromatic hydroxyl groups is 1. The van der Waals surface area contributed by atoms with Crippen LogP contribution in [0.5, 0.6) is 5.75 Å². The number of nitrogens with one attached hydrogen (secondary N) is 1. The highest BCUT2D eigenvalue weighted by Crippen LogP contribution is 2.67. The molecule has 0 saturated heterocycles. The minimum Gasteiger partial charge on any atom is -0.507 e. The Morgan fingerprint density at radius 2 is 1.87 bits per heavy atom. The molecular weight excluding hydrogens is 675 g/mol. The van der Waals surface area contributed by atoms with Crippen LogP contribution in [-0.4, -0.2) is 40.6 Å². The topological polar surface area (TPSA) is 105 Å². The van der Waals surface area contributed by atoms with Gasteiger partial charge in [-0.25, -0.2) is 9.59 Å². The second kappa shape index (κ2) is 17.4. The van der Waals surface area contributed by atoms with Crippen LogP contribution in [0.3, 0.4) is 0 Å². The fourth-order valence-electron chi connectivity index (χ4n) is 11.9. The predicted molar refractivity (Wildman–Crippen MR) is 215 cm³/mol. The van der Waals surface area contributed by atoms with Gasteiger partial charge in [-0.2, -0.15) is 0 Å². The van der Waals surface area contributed by atoms with Gasteiger partial charge in [0.2, 0.25) is 0 Å². The van der Waals surface area contributed by atoms with Gasteiger partial charge in [0.25, 0.3) is 0 Å². The van der Waals surface area contributed by atoms with Crippen LogP contribution >= 0.6 is 0 Å². The lowest BCUT2D eigenvalue weighted by molar-refractivity contribution is -0.0580. The first-order valence-corrected chi connectivity index (χ1v) is 21.5. The lowest BCUT2D eigenvalue weighted by atomic mass is 9.47. The molecule has 0 bridgehead atoms. The third kappa shape index (κ3) is 8.82. The van der Waals surface area contributed by atoms with Gasteiger partial charge in [0, 0.05) is 25.5 Å². The van der Waals surface area contributed by atoms with E-state index in [4.69, 9.17) is 9.47 Å². The quantitative estimate of drug-likeness (QED) is 0.172. The number of benzene rings is 1. The van der Waals surface area contributed by atoms with E-state index in [1.54, 1.807) is 18.3 Å². The largest absolute Gasteiger partial charge is 0.507 e. The normalized spacial score (nSPS) is 36.7. The standard InChI is InChI=1S/C47H69NO6/c1-30(2)12-9-14-31(3)38-21-22-39-37-20-19-34-28-36(23-25-46(34,5)40(37)24-26-47(38,39)6)54-45(52)48-27-11-17-35-29-42(50)32(4)13-7-8-15-33-16-10-18-41(49)43(33)44(51)53-35/h7-8,10-11,16,18-19,27,30-32,35-40,42,49-50H,9,12-15,17,20-26,28-29H2,1-6H3,(H,48,52)/b8-7+,27-11+/t31-,32?,35?,36?,37?,38-,39?,40?,42?,46?,47?/m1/s1. The van der Waals surface area contributed by atoms with E-state index in [0.717, 1.165) is 54.8 Å². The molecule has 4 aliphatic carbocycles. The maximum Gasteiger partial charge on any atom is 0.411 e. The zero-order chi connectivity index (χ0) is 38.6. The van der Waals surface area contributed by atoms with Crippen LogP contribution in [0.1, 0.15) is 147 Å². The van der Waals surface area contributed by atoms with E-state index < -0.39 is 24.3 Å². The molecule has 1 aromatic carbocycles. The predicted octanol–water partition coefficient (Wildman–Crippen LogP) is 10.8. The minimum atomic E-state index is -0.676. The summed E-state index contributed by atoms with van der Waals surface area (Å²) in [6, 6.07) is 5.02. The maximum atomic E-state index is 13.2. The molecular formula is C47H69NO6. The molecule has 3 N–H and O–H groups in total. The molecule has 5 aliphatic rings. The van der Waals surface area contributed by atoms with Crippen molar-refractivity contribution in [2.45, 2.75) is 156 Å². The highest BCUT2D eigenvalue weighted by atomic mass is 16.6. The van der Waals surface area contributed by atoms with E-state index in [1.165, 1.54) is 63.0 Å². The number of hydrogen-bond acceptors (Lipinski definition) is 6. The summed E-state index contributed by atoms with van der Waals surface area (Å²) in [6.45, 7) is 14.4. The number of phenols is 1. The van der Waals surface area contributed by atoms with E-state index in [1.807, 2.05) is 25.1 Å². The third-order valence-electron chi connectivity index (χ3n) is 15.0. The molecule has 0 spiro atoms. The molecule has 9 unspecified atom stereocenters. The molecule has 298 valence electrons. The first-order valence-electron chi connectivity index (χ1n) is 21.5. The van der Waals surface area contributed by atoms with E-state index >= 15 is 0 Å². The van der Waals surface area contributed by atoms with Crippen molar-refractivity contribution in [3.63, 3.8) is 0 Å². The van der Waals surface area contributed by atoms with Crippen molar-refractivity contribution in [3.8, 4) is 5.75 Å². The van der Waals surface area contributed by atoms with Gasteiger partial charge in [-0.1, -0.05) is 103 Å². The van der Waals surface area contributed by atoms with Gasteiger partial charge in [0.1, 0.15) is 23.5 Å². The van der Waals surface area contributed by atoms with Crippen molar-refractivity contribution in [1.29, 1.82) is 0 Å². The molecule has 3 saturated carbocycles. The van der Waals surface area contributed by atoms with Crippen LogP contribution in [0.2, 0.25) is 0 Å². The van der Waals surface area contributed by atoms with E-state index in [0.29, 0.717) is 30.2 Å². The lowest BCUT2D eigenvalue weighted by Crippen LogP contribution is -2.51. The number of phenolic OH excluding ortho intramolecular Hbond substituents is 1. The first-order chi connectivity index (χ1) is 25.8. The Hall–Kier alpha value is -3.06. The summed E-state index contributed by atoms with van der Waals surface area (Å²) in [4.78, 5) is 26.2. The van der Waals surface area contributed by atoms with Gasteiger partial charge in [-0.05, 0) is 122 Å². The summed E-state index contributed by atoms with van der Waals surface area (Å²) in [5, 5.41) is 24.2. The number of alkyl carbamates (subject to hydrolysis) is 1. The number of allylic oxidation sites excluding steroid dienone is 3. The Kier molecular flexibility index (Phi) is 13.1. The molecule has 7 heteroatoms. The number of fused-ring (bicyclic) bond motifs is 6. The third-order valence-corrected chi connectivity index (χ3v) is 15.0. The van der Waals surface area contributed by atoms with Crippen molar-refractivity contribution in [1.82, 2.24) is 5.32 Å². The maximum absolute atomic E-state index is 13.2. The minimum absolute atomic E-state index is 0.0171. The van der Waals surface area contributed by atoms with Gasteiger partial charge in [0.15, 0.2) is 0 Å². The molecule has 1 aromatic rings. The van der Waals surface area contributed by atoms with Crippen molar-refractivity contribution < 1.29 is 29.3 Å². The molecule has 11 atom stereocenters. The van der Waals surface area contributed by atoms with Crippen molar-refractivity contribution >= 4 is 12.1 Å². The fraction of sp³-hybridized carbons (Fsp3) is 0.702. The summed E-state index contributed by atoms with van der Waals surface area (Å²) >= 11 is 0. The van der Waals surface area contributed by atoms with Crippen LogP contribution in [0.25, 0.3) is 0 Å². The van der Waals surface area contributed by atoms with Gasteiger partial charge in [-0.15, -0.1) is 0 Å². The number of rotatable bonds is 9. The zero-order valence-electron chi connectivity index (χ0n) is 34.0. The van der Waals surface area contributed by atoms with Gasteiger partial charge in [-0.3, -0.25) is 5.32 Å². The Bertz CT molecular complexity index is 1560. The van der Waals surface area contributed by atoms with Gasteiger partial charge >= 0.3 is 12.1 Å². The van der Waals surface area contributed by atoms with Crippen LogP contribution in [0.15, 0.2) is 54.3 Å². The Labute approximate surface area is 325 Å². The molecule has 7 nitrogen and oxygen atoms in total. The number of hydrogen-bond donors (Lipinski definition) is 3. The van der Waals surface area contributed by atoms with E-state index in [9.17, 15) is 19.8 Å². The smallest absolute Gasteiger partial charge is 0.411 e. The fourth-order valence-corrected chi connectivity index (χ4v) is 11.9. The molecule has 6 rings (SSSR count). The molecule has 0 radical (unpaired) electrons. The molecule has 1 heterocycles. The van der Waals surface area contributed by atoms with Crippen LogP contribution in [0, 0.1) is 52.3 Å². The number of esters is 1. The molecule has 54 heavy (non-hydrogen) atoms. The number of carbonyl (C=O) groups excluding carboxylic acids is 2. The number of aliphatic hydroxyl groups excluding tert-OH is 1. The van der Waals surface area contributed by atoms with E-state index in [-0.39, 0.29) is 35.2 Å². The first kappa shape index (κ1) is 40.6. The SMILES string of the molecule is CC(C)CCC[C@@H](C)[C@H]1CCC2C3CC=C4CC(OC(=O)N/C=C/CC5CC(O)C(C)C/C=C/Cc6cccc(O)c6C(=O)O5)CCC4(C)C3CCC21C. The Balaban J connectivity index is 1.02. The highest BCUT2D eigenvalue weighted by Gasteiger charge is 2.59. The zero-order valence-corrected chi connectivity index (χ0v) is 34.0. The Morgan fingerprint density at radius 3 is 2.67 bits per heavy atom. The van der Waals surface area contributed by atoms with Crippen molar-refractivity contribution in [2.24, 2.45) is 52.3 Å². The number of carbonyl (C=O) groups is 2. The van der Waals surface area contributed by atoms with Crippen LogP contribution in [-0.2, 0) is 15.9 Å². The number of aliphatic hydroxyl groups is 1. The lowest BCUT2D eigenvalue weighted by Gasteiger charge is -2.58. The summed E-state index contributed by atoms with van der Waals surface area (Å²) in [5.74, 6) is 4.05. The van der Waals surface area contributed by atoms with Gasteiger partial charge < -0.3 is 19.7 Å². The average Bonchev–Trinajstić information content (AvgIpc) is 3.48. The molecule has 1 aliphatic heterocycles.